The summed E-state index contributed by atoms with van der Waals surface area (Å²) < 4.78 is 60.9. The molecule has 66 valence electrons. The second-order valence-electron chi connectivity index (χ2n) is 2.13. The lowest BCUT2D eigenvalue weighted by atomic mass is 10.4. The molecule has 2 heterocycles. The Morgan fingerprint density at radius 1 is 1.62 bits per heavy atom. The second kappa shape index (κ2) is 3.30. The number of hydrogen-bond acceptors (Lipinski definition) is 2. The fourth-order valence-electron chi connectivity index (χ4n) is 0.768. The van der Waals surface area contributed by atoms with Crippen LogP contribution in [-0.2, 0) is 0 Å². The van der Waals surface area contributed by atoms with Crippen LogP contribution in [-0.4, -0.2) is 14.8 Å². The van der Waals surface area contributed by atoms with E-state index in [4.69, 9.17) is 11.0 Å². The topological polar surface area (TPSA) is 30.7 Å². The van der Waals surface area contributed by atoms with Crippen molar-refractivity contribution in [1.29, 1.82) is 0 Å². The molecule has 0 atom stereocenters. The first-order valence-electron chi connectivity index (χ1n) is 7.26. The van der Waals surface area contributed by atoms with Crippen LogP contribution < -0.4 is 0 Å². The molecule has 2 aromatic rings. The maximum atomic E-state index is 7.86. The average molecular weight is 246 g/mol. The molecule has 2 rings (SSSR count). The molecule has 0 radical (unpaired) electrons. The Morgan fingerprint density at radius 3 is 3.31 bits per heavy atom. The third kappa shape index (κ3) is 1.62. The third-order valence-corrected chi connectivity index (χ3v) is 1.86. The van der Waals surface area contributed by atoms with Crippen molar-refractivity contribution in [3.8, 4) is 5.69 Å². The summed E-state index contributed by atoms with van der Waals surface area (Å²) >= 11 is 3.02. The van der Waals surface area contributed by atoms with Crippen LogP contribution in [0.4, 0.5) is 0 Å². The van der Waals surface area contributed by atoms with Gasteiger partial charge in [-0.1, -0.05) is 0 Å². The predicted molar refractivity (Wildman–Crippen MR) is 53.8 cm³/mol. The number of rotatable bonds is 1. The first kappa shape index (κ1) is 3.20. The molecule has 0 bridgehead atoms. The molecule has 0 amide bonds. The van der Waals surface area contributed by atoms with Gasteiger partial charge in [-0.25, -0.2) is 4.68 Å². The van der Waals surface area contributed by atoms with Crippen molar-refractivity contribution in [3.05, 3.63) is 40.8 Å². The monoisotopic (exact) mass is 245 g/mol. The lowest BCUT2D eigenvalue weighted by molar-refractivity contribution is 0.869. The zero-order valence-electron chi connectivity index (χ0n) is 14.2. The number of aromatic nitrogens is 3. The lowest BCUT2D eigenvalue weighted by Crippen LogP contribution is -1.95. The molecule has 4 heteroatoms. The van der Waals surface area contributed by atoms with Gasteiger partial charge in [-0.15, -0.1) is 0 Å². The molecule has 2 aromatic heterocycles. The van der Waals surface area contributed by atoms with E-state index in [0.29, 0.717) is 0 Å². The minimum atomic E-state index is -2.69. The fourth-order valence-corrected chi connectivity index (χ4v) is 1.11. The molecule has 3 nitrogen and oxygen atoms in total. The Labute approximate surface area is 95.8 Å². The predicted octanol–water partition coefficient (Wildman–Crippen LogP) is 2.34. The number of hydrogen-bond donors (Lipinski definition) is 0. The first-order chi connectivity index (χ1) is 9.55. The molecule has 0 saturated carbocycles. The average Bonchev–Trinajstić information content (AvgIpc) is 2.61. The van der Waals surface area contributed by atoms with Gasteiger partial charge in [0.1, 0.15) is 0 Å². The summed E-state index contributed by atoms with van der Waals surface area (Å²) in [6.07, 6.45) is -2.06. The van der Waals surface area contributed by atoms with Crippen LogP contribution in [0.5, 0.6) is 0 Å². The number of nitrogens with zero attached hydrogens (tertiary/aromatic N) is 3. The zero-order chi connectivity index (χ0) is 16.1. The molecule has 0 unspecified atom stereocenters. The summed E-state index contributed by atoms with van der Waals surface area (Å²) in [5.74, 6) is 0. The lowest BCUT2D eigenvalue weighted by Gasteiger charge is -2.01. The van der Waals surface area contributed by atoms with Crippen molar-refractivity contribution < 1.29 is 11.0 Å². The van der Waals surface area contributed by atoms with E-state index in [1.807, 2.05) is 0 Å². The molecule has 0 aliphatic carbocycles. The van der Waals surface area contributed by atoms with Crippen LogP contribution in [0, 0.1) is 6.85 Å². The van der Waals surface area contributed by atoms with Crippen molar-refractivity contribution in [3.63, 3.8) is 0 Å². The second-order valence-corrected chi connectivity index (χ2v) is 2.93. The van der Waals surface area contributed by atoms with Gasteiger partial charge in [0.15, 0.2) is 0 Å². The maximum Gasteiger partial charge on any atom is 0.0970 e. The van der Waals surface area contributed by atoms with Gasteiger partial charge in [0, 0.05) is 20.9 Å². The maximum absolute atomic E-state index is 7.86. The summed E-state index contributed by atoms with van der Waals surface area (Å²) in [6.45, 7) is -2.69. The summed E-state index contributed by atoms with van der Waals surface area (Å²) in [4.78, 5) is 3.52. The van der Waals surface area contributed by atoms with Gasteiger partial charge >= 0.3 is 0 Å². The van der Waals surface area contributed by atoms with Crippen molar-refractivity contribution in [1.82, 2.24) is 14.8 Å². The van der Waals surface area contributed by atoms with Crippen LogP contribution in [0.25, 0.3) is 5.69 Å². The molecule has 0 aliphatic rings. The van der Waals surface area contributed by atoms with Crippen molar-refractivity contribution >= 4 is 15.9 Å². The van der Waals surface area contributed by atoms with Crippen molar-refractivity contribution in [2.75, 3.05) is 0 Å². The number of pyridine rings is 1. The molecule has 0 aromatic carbocycles. The highest BCUT2D eigenvalue weighted by Crippen LogP contribution is 2.18. The normalized spacial score (nSPS) is 20.1. The molecule has 0 spiro atoms. The largest absolute Gasteiger partial charge is 0.262 e. The third-order valence-electron chi connectivity index (χ3n) is 1.28. The number of halogens is 1. The summed E-state index contributed by atoms with van der Waals surface area (Å²) in [6, 6.07) is -0.321. The molecule has 13 heavy (non-hydrogen) atoms. The highest BCUT2D eigenvalue weighted by molar-refractivity contribution is 9.10. The highest BCUT2D eigenvalue weighted by atomic mass is 79.9. The highest BCUT2D eigenvalue weighted by Gasteiger charge is 2.01. The molecule has 0 fully saturated rings. The molecular formula is C9H8BrN3. The Hall–Kier alpha value is -1.16. The van der Waals surface area contributed by atoms with E-state index in [1.54, 1.807) is 0 Å². The Kier molecular flexibility index (Phi) is 0.813. The Morgan fingerprint density at radius 2 is 2.54 bits per heavy atom. The molecular weight excluding hydrogens is 230 g/mol. The van der Waals surface area contributed by atoms with Crippen LogP contribution in [0.3, 0.4) is 0 Å². The smallest absolute Gasteiger partial charge is 0.0970 e. The Bertz CT molecular complexity index is 723. The molecule has 0 N–H and O–H groups in total. The summed E-state index contributed by atoms with van der Waals surface area (Å²) in [7, 11) is 0. The van der Waals surface area contributed by atoms with E-state index >= 15 is 0 Å². The van der Waals surface area contributed by atoms with Crippen LogP contribution in [0.2, 0.25) is 0 Å². The minimum Gasteiger partial charge on any atom is -0.262 e. The van der Waals surface area contributed by atoms with Gasteiger partial charge in [0.25, 0.3) is 0 Å². The van der Waals surface area contributed by atoms with Crippen molar-refractivity contribution in [2.45, 2.75) is 6.85 Å². The zero-order valence-corrected chi connectivity index (χ0v) is 7.81. The van der Waals surface area contributed by atoms with E-state index in [0.717, 1.165) is 4.68 Å². The van der Waals surface area contributed by atoms with Crippen LogP contribution in [0.15, 0.2) is 35.2 Å². The SMILES string of the molecule is [2H]c1nc([2H])c(-n2nc([2H])c(C([2H])([2H])[2H])c2[2H])c(Br)c1[2H]. The molecule has 0 aliphatic heterocycles. The summed E-state index contributed by atoms with van der Waals surface area (Å²) in [5.41, 5.74) is -0.694. The van der Waals surface area contributed by atoms with Gasteiger partial charge in [-0.2, -0.15) is 5.10 Å². The quantitative estimate of drug-likeness (QED) is 0.773. The van der Waals surface area contributed by atoms with Gasteiger partial charge in [0.2, 0.25) is 0 Å². The van der Waals surface area contributed by atoms with E-state index < -0.39 is 37.1 Å². The van der Waals surface area contributed by atoms with Gasteiger partial charge < -0.3 is 0 Å². The van der Waals surface area contributed by atoms with E-state index in [9.17, 15) is 0 Å². The van der Waals surface area contributed by atoms with Crippen LogP contribution >= 0.6 is 15.9 Å². The van der Waals surface area contributed by atoms with E-state index in [-0.39, 0.29) is 16.2 Å². The van der Waals surface area contributed by atoms with Gasteiger partial charge in [0.05, 0.1) is 24.9 Å². The fraction of sp³-hybridized carbons (Fsp3) is 0.111. The molecule has 0 saturated heterocycles. The van der Waals surface area contributed by atoms with E-state index in [2.05, 4.69) is 26.0 Å². The van der Waals surface area contributed by atoms with Gasteiger partial charge in [-0.05, 0) is 34.4 Å². The van der Waals surface area contributed by atoms with Crippen molar-refractivity contribution in [2.24, 2.45) is 0 Å². The summed E-state index contributed by atoms with van der Waals surface area (Å²) in [5, 5.41) is 3.64. The van der Waals surface area contributed by atoms with E-state index in [1.165, 1.54) is 0 Å². The first-order valence-corrected chi connectivity index (χ1v) is 4.05. The minimum absolute atomic E-state index is 0.0133. The van der Waals surface area contributed by atoms with Gasteiger partial charge in [-0.3, -0.25) is 4.98 Å². The van der Waals surface area contributed by atoms with Crippen LogP contribution in [0.1, 0.15) is 16.5 Å². The Balaban J connectivity index is 2.79. The standard InChI is InChI=1S/C9H8BrN3/c1-7-4-12-13(6-7)9-5-11-3-2-8(9)10/h2-6H,1H3/i1D3,2D,3D,4D,5D,6D.